The Morgan fingerprint density at radius 1 is 1.56 bits per heavy atom. The highest BCUT2D eigenvalue weighted by molar-refractivity contribution is 5.86. The van der Waals surface area contributed by atoms with Crippen molar-refractivity contribution >= 4 is 5.97 Å². The van der Waals surface area contributed by atoms with E-state index in [4.69, 9.17) is 9.47 Å². The standard InChI is InChI=1S/C12H18N2O4/c1-3-18-12(4-6-17-7-5-12)11-13-8-9(14-11)10(15)16-2/h8H,3-7H2,1-2H3,(H,13,14). The van der Waals surface area contributed by atoms with Gasteiger partial charge in [-0.2, -0.15) is 0 Å². The second kappa shape index (κ2) is 5.49. The monoisotopic (exact) mass is 254 g/mol. The number of nitrogens with zero attached hydrogens (tertiary/aromatic N) is 1. The molecule has 0 atom stereocenters. The van der Waals surface area contributed by atoms with Crippen molar-refractivity contribution in [3.05, 3.63) is 17.7 Å². The van der Waals surface area contributed by atoms with E-state index in [2.05, 4.69) is 14.7 Å². The second-order valence-corrected chi connectivity index (χ2v) is 4.18. The Balaban J connectivity index is 2.25. The fraction of sp³-hybridized carbons (Fsp3) is 0.667. The summed E-state index contributed by atoms with van der Waals surface area (Å²) in [5, 5.41) is 0. The number of aromatic amines is 1. The number of ether oxygens (including phenoxy) is 3. The fourth-order valence-corrected chi connectivity index (χ4v) is 2.19. The molecular weight excluding hydrogens is 236 g/mol. The van der Waals surface area contributed by atoms with E-state index in [9.17, 15) is 4.79 Å². The molecule has 1 aromatic rings. The van der Waals surface area contributed by atoms with Gasteiger partial charge in [0.25, 0.3) is 0 Å². The molecule has 0 aromatic carbocycles. The average molecular weight is 254 g/mol. The molecule has 1 fully saturated rings. The van der Waals surface area contributed by atoms with Gasteiger partial charge in [-0.05, 0) is 6.92 Å². The summed E-state index contributed by atoms with van der Waals surface area (Å²) in [7, 11) is 1.34. The predicted octanol–water partition coefficient (Wildman–Crippen LogP) is 1.24. The lowest BCUT2D eigenvalue weighted by Crippen LogP contribution is -2.37. The lowest BCUT2D eigenvalue weighted by atomic mass is 9.93. The van der Waals surface area contributed by atoms with Crippen LogP contribution in [0.5, 0.6) is 0 Å². The molecule has 0 aliphatic carbocycles. The molecule has 6 nitrogen and oxygen atoms in total. The molecule has 1 aliphatic rings. The van der Waals surface area contributed by atoms with Crippen molar-refractivity contribution in [1.29, 1.82) is 0 Å². The van der Waals surface area contributed by atoms with E-state index in [0.29, 0.717) is 31.3 Å². The molecule has 6 heteroatoms. The Morgan fingerprint density at radius 2 is 2.28 bits per heavy atom. The zero-order valence-electron chi connectivity index (χ0n) is 10.7. The molecule has 100 valence electrons. The minimum absolute atomic E-state index is 0.345. The van der Waals surface area contributed by atoms with Crippen LogP contribution in [0.25, 0.3) is 0 Å². The minimum atomic E-state index is -0.473. The van der Waals surface area contributed by atoms with Crippen LogP contribution in [0.1, 0.15) is 36.1 Å². The van der Waals surface area contributed by atoms with Gasteiger partial charge in [-0.1, -0.05) is 0 Å². The summed E-state index contributed by atoms with van der Waals surface area (Å²) in [6, 6.07) is 0. The number of aromatic nitrogens is 2. The Morgan fingerprint density at radius 3 is 2.89 bits per heavy atom. The number of carbonyl (C=O) groups excluding carboxylic acids is 1. The van der Waals surface area contributed by atoms with Crippen LogP contribution in [0.15, 0.2) is 6.20 Å². The molecule has 0 unspecified atom stereocenters. The van der Waals surface area contributed by atoms with Gasteiger partial charge in [-0.15, -0.1) is 0 Å². The Labute approximate surface area is 106 Å². The van der Waals surface area contributed by atoms with Crippen molar-refractivity contribution in [2.75, 3.05) is 26.9 Å². The molecule has 0 saturated carbocycles. The molecular formula is C12H18N2O4. The van der Waals surface area contributed by atoms with Crippen molar-refractivity contribution in [3.63, 3.8) is 0 Å². The van der Waals surface area contributed by atoms with Crippen molar-refractivity contribution in [3.8, 4) is 0 Å². The number of hydrogen-bond acceptors (Lipinski definition) is 5. The normalized spacial score (nSPS) is 18.6. The summed E-state index contributed by atoms with van der Waals surface area (Å²) in [4.78, 5) is 18.7. The molecule has 1 aliphatic heterocycles. The van der Waals surface area contributed by atoms with Crippen molar-refractivity contribution in [2.45, 2.75) is 25.4 Å². The minimum Gasteiger partial charge on any atom is -0.464 e. The lowest BCUT2D eigenvalue weighted by Gasteiger charge is -2.35. The van der Waals surface area contributed by atoms with Crippen LogP contribution in [-0.2, 0) is 19.8 Å². The number of carbonyl (C=O) groups is 1. The van der Waals surface area contributed by atoms with Gasteiger partial charge in [-0.25, -0.2) is 9.78 Å². The summed E-state index contributed by atoms with van der Waals surface area (Å²) in [6.45, 7) is 3.80. The van der Waals surface area contributed by atoms with E-state index in [1.165, 1.54) is 13.3 Å². The Bertz CT molecular complexity index is 404. The van der Waals surface area contributed by atoms with Crippen LogP contribution in [0, 0.1) is 0 Å². The number of esters is 1. The molecule has 1 N–H and O–H groups in total. The second-order valence-electron chi connectivity index (χ2n) is 4.18. The molecule has 0 bridgehead atoms. The molecule has 1 saturated heterocycles. The third-order valence-electron chi connectivity index (χ3n) is 3.13. The maximum atomic E-state index is 11.4. The molecule has 2 heterocycles. The van der Waals surface area contributed by atoms with E-state index in [0.717, 1.165) is 12.8 Å². The van der Waals surface area contributed by atoms with Crippen LogP contribution in [-0.4, -0.2) is 42.9 Å². The summed E-state index contributed by atoms with van der Waals surface area (Å²) < 4.78 is 15.9. The summed E-state index contributed by atoms with van der Waals surface area (Å²) in [6.07, 6.45) is 2.95. The van der Waals surface area contributed by atoms with E-state index >= 15 is 0 Å². The fourth-order valence-electron chi connectivity index (χ4n) is 2.19. The quantitative estimate of drug-likeness (QED) is 0.818. The Kier molecular flexibility index (Phi) is 3.98. The first kappa shape index (κ1) is 13.0. The summed E-state index contributed by atoms with van der Waals surface area (Å²) >= 11 is 0. The van der Waals surface area contributed by atoms with Crippen LogP contribution in [0.2, 0.25) is 0 Å². The first-order chi connectivity index (χ1) is 8.72. The highest BCUT2D eigenvalue weighted by Crippen LogP contribution is 2.34. The maximum Gasteiger partial charge on any atom is 0.356 e. The van der Waals surface area contributed by atoms with Crippen LogP contribution >= 0.6 is 0 Å². The number of imidazole rings is 1. The number of methoxy groups -OCH3 is 1. The lowest BCUT2D eigenvalue weighted by molar-refractivity contribution is -0.117. The van der Waals surface area contributed by atoms with E-state index in [-0.39, 0.29) is 0 Å². The average Bonchev–Trinajstić information content (AvgIpc) is 2.89. The van der Waals surface area contributed by atoms with Gasteiger partial charge < -0.3 is 19.2 Å². The molecule has 0 amide bonds. The summed E-state index contributed by atoms with van der Waals surface area (Å²) in [5.41, 5.74) is -0.128. The first-order valence-corrected chi connectivity index (χ1v) is 6.07. The molecule has 18 heavy (non-hydrogen) atoms. The van der Waals surface area contributed by atoms with Gasteiger partial charge in [-0.3, -0.25) is 0 Å². The zero-order valence-corrected chi connectivity index (χ0v) is 10.7. The van der Waals surface area contributed by atoms with Gasteiger partial charge in [0.1, 0.15) is 17.1 Å². The predicted molar refractivity (Wildman–Crippen MR) is 63.3 cm³/mol. The topological polar surface area (TPSA) is 73.4 Å². The van der Waals surface area contributed by atoms with Gasteiger partial charge >= 0.3 is 5.97 Å². The summed E-state index contributed by atoms with van der Waals surface area (Å²) in [5.74, 6) is 0.250. The third kappa shape index (κ3) is 2.39. The van der Waals surface area contributed by atoms with Crippen LogP contribution in [0.3, 0.4) is 0 Å². The highest BCUT2D eigenvalue weighted by atomic mass is 16.5. The number of rotatable bonds is 4. The van der Waals surface area contributed by atoms with Gasteiger partial charge in [0.15, 0.2) is 0 Å². The van der Waals surface area contributed by atoms with Crippen LogP contribution < -0.4 is 0 Å². The maximum absolute atomic E-state index is 11.4. The molecule has 0 radical (unpaired) electrons. The van der Waals surface area contributed by atoms with Crippen LogP contribution in [0.4, 0.5) is 0 Å². The SMILES string of the molecule is CCOC1(c2ncc(C(=O)OC)[nH]2)CCOCC1. The molecule has 1 aromatic heterocycles. The van der Waals surface area contributed by atoms with E-state index in [1.807, 2.05) is 6.92 Å². The Hall–Kier alpha value is -1.40. The first-order valence-electron chi connectivity index (χ1n) is 6.07. The third-order valence-corrected chi connectivity index (χ3v) is 3.13. The largest absolute Gasteiger partial charge is 0.464 e. The number of nitrogens with one attached hydrogen (secondary N) is 1. The molecule has 0 spiro atoms. The van der Waals surface area contributed by atoms with Crippen molar-refractivity contribution < 1.29 is 19.0 Å². The van der Waals surface area contributed by atoms with Gasteiger partial charge in [0.05, 0.1) is 13.3 Å². The van der Waals surface area contributed by atoms with E-state index < -0.39 is 11.6 Å². The zero-order chi connectivity index (χ0) is 13.0. The smallest absolute Gasteiger partial charge is 0.356 e. The highest BCUT2D eigenvalue weighted by Gasteiger charge is 2.38. The number of H-pyrrole nitrogens is 1. The molecule has 2 rings (SSSR count). The van der Waals surface area contributed by atoms with Crippen molar-refractivity contribution in [1.82, 2.24) is 9.97 Å². The van der Waals surface area contributed by atoms with Gasteiger partial charge in [0, 0.05) is 32.7 Å². The number of hydrogen-bond donors (Lipinski definition) is 1. The van der Waals surface area contributed by atoms with E-state index in [1.54, 1.807) is 0 Å². The van der Waals surface area contributed by atoms with Crippen molar-refractivity contribution in [2.24, 2.45) is 0 Å². The van der Waals surface area contributed by atoms with Gasteiger partial charge in [0.2, 0.25) is 0 Å².